The van der Waals surface area contributed by atoms with Crippen molar-refractivity contribution < 1.29 is 19.4 Å². The number of para-hydroxylation sites is 1. The summed E-state index contributed by atoms with van der Waals surface area (Å²) in [5, 5.41) is 9.79. The quantitative estimate of drug-likeness (QED) is 0.326. The van der Waals surface area contributed by atoms with Gasteiger partial charge in [0.15, 0.2) is 5.60 Å². The fourth-order valence-corrected chi connectivity index (χ4v) is 3.39. The number of unbranched alkanes of at least 4 members (excludes halogenated alkanes) is 8. The topological polar surface area (TPSA) is 55.8 Å². The van der Waals surface area contributed by atoms with Crippen LogP contribution in [0.4, 0.5) is 0 Å². The number of carbonyl (C=O) groups is 1. The number of ether oxygens (including phenoxy) is 2. The van der Waals surface area contributed by atoms with E-state index >= 15 is 0 Å². The van der Waals surface area contributed by atoms with E-state index in [1.165, 1.54) is 44.9 Å². The van der Waals surface area contributed by atoms with Crippen LogP contribution in [0.15, 0.2) is 30.3 Å². The molecule has 1 aromatic carbocycles. The molecule has 0 saturated heterocycles. The Kier molecular flexibility index (Phi) is 12.6. The SMILES string of the molecule is CCCCCCCCCCCC(CCOc1ccccc1)(OCC)C(=O)O. The minimum atomic E-state index is -1.13. The van der Waals surface area contributed by atoms with Crippen LogP contribution in [0, 0.1) is 0 Å². The molecule has 1 aromatic rings. The standard InChI is InChI=1S/C23H38O4/c1-3-5-6-7-8-9-10-11-15-18-23(22(24)25,27-4-2)19-20-26-21-16-13-12-14-17-21/h12-14,16-17H,3-11,15,18-20H2,1-2H3,(H,24,25). The van der Waals surface area contributed by atoms with Crippen molar-refractivity contribution in [1.82, 2.24) is 0 Å². The summed E-state index contributed by atoms with van der Waals surface area (Å²) in [6, 6.07) is 9.50. The van der Waals surface area contributed by atoms with Crippen LogP contribution < -0.4 is 4.74 Å². The fraction of sp³-hybridized carbons (Fsp3) is 0.696. The van der Waals surface area contributed by atoms with E-state index in [4.69, 9.17) is 9.47 Å². The molecule has 1 N–H and O–H groups in total. The number of aliphatic carboxylic acids is 1. The van der Waals surface area contributed by atoms with Gasteiger partial charge in [-0.15, -0.1) is 0 Å². The lowest BCUT2D eigenvalue weighted by atomic mass is 9.92. The first-order chi connectivity index (χ1) is 13.1. The van der Waals surface area contributed by atoms with Gasteiger partial charge in [0.2, 0.25) is 0 Å². The van der Waals surface area contributed by atoms with Crippen LogP contribution in [0.1, 0.15) is 84.5 Å². The smallest absolute Gasteiger partial charge is 0.336 e. The first-order valence-corrected chi connectivity index (χ1v) is 10.7. The normalized spacial score (nSPS) is 13.3. The van der Waals surface area contributed by atoms with Crippen LogP contribution >= 0.6 is 0 Å². The molecule has 0 spiro atoms. The highest BCUT2D eigenvalue weighted by atomic mass is 16.5. The Morgan fingerprint density at radius 2 is 1.48 bits per heavy atom. The Morgan fingerprint density at radius 1 is 0.889 bits per heavy atom. The van der Waals surface area contributed by atoms with Crippen molar-refractivity contribution in [3.8, 4) is 5.75 Å². The van der Waals surface area contributed by atoms with E-state index < -0.39 is 11.6 Å². The van der Waals surface area contributed by atoms with Crippen LogP contribution in [0.3, 0.4) is 0 Å². The van der Waals surface area contributed by atoms with Gasteiger partial charge >= 0.3 is 5.97 Å². The number of hydrogen-bond acceptors (Lipinski definition) is 3. The summed E-state index contributed by atoms with van der Waals surface area (Å²) in [6.07, 6.45) is 11.8. The van der Waals surface area contributed by atoms with Crippen molar-refractivity contribution in [2.75, 3.05) is 13.2 Å². The highest BCUT2D eigenvalue weighted by molar-refractivity contribution is 5.77. The maximum absolute atomic E-state index is 11.9. The van der Waals surface area contributed by atoms with Crippen LogP contribution in [0.5, 0.6) is 5.75 Å². The molecule has 0 fully saturated rings. The van der Waals surface area contributed by atoms with Crippen molar-refractivity contribution in [3.63, 3.8) is 0 Å². The highest BCUT2D eigenvalue weighted by Gasteiger charge is 2.38. The molecule has 0 aromatic heterocycles. The molecule has 4 nitrogen and oxygen atoms in total. The van der Waals surface area contributed by atoms with Gasteiger partial charge in [-0.2, -0.15) is 0 Å². The molecule has 0 heterocycles. The van der Waals surface area contributed by atoms with Crippen LogP contribution in [-0.4, -0.2) is 29.9 Å². The Labute approximate surface area is 165 Å². The number of hydrogen-bond donors (Lipinski definition) is 1. The molecule has 0 amide bonds. The van der Waals surface area contributed by atoms with Crippen LogP contribution in [0.2, 0.25) is 0 Å². The third-order valence-electron chi connectivity index (χ3n) is 5.01. The third kappa shape index (κ3) is 9.81. The first-order valence-electron chi connectivity index (χ1n) is 10.7. The number of benzene rings is 1. The average molecular weight is 379 g/mol. The fourth-order valence-electron chi connectivity index (χ4n) is 3.39. The summed E-state index contributed by atoms with van der Waals surface area (Å²) in [5.74, 6) is -0.114. The van der Waals surface area contributed by atoms with Crippen molar-refractivity contribution in [3.05, 3.63) is 30.3 Å². The summed E-state index contributed by atoms with van der Waals surface area (Å²) in [5.41, 5.74) is -1.13. The summed E-state index contributed by atoms with van der Waals surface area (Å²) >= 11 is 0. The van der Waals surface area contributed by atoms with E-state index in [2.05, 4.69) is 6.92 Å². The molecule has 1 atom stereocenters. The van der Waals surface area contributed by atoms with Crippen molar-refractivity contribution in [2.24, 2.45) is 0 Å². The van der Waals surface area contributed by atoms with Crippen LogP contribution in [0.25, 0.3) is 0 Å². The zero-order valence-electron chi connectivity index (χ0n) is 17.3. The molecule has 0 aliphatic heterocycles. The molecule has 0 saturated carbocycles. The lowest BCUT2D eigenvalue weighted by Crippen LogP contribution is -2.43. The third-order valence-corrected chi connectivity index (χ3v) is 5.01. The number of carboxylic acids is 1. The van der Waals surface area contributed by atoms with E-state index in [-0.39, 0.29) is 0 Å². The Morgan fingerprint density at radius 3 is 2.04 bits per heavy atom. The summed E-state index contributed by atoms with van der Waals surface area (Å²) in [4.78, 5) is 11.9. The number of carboxylic acid groups (broad SMARTS) is 1. The van der Waals surface area contributed by atoms with Crippen molar-refractivity contribution in [2.45, 2.75) is 90.1 Å². The van der Waals surface area contributed by atoms with E-state index in [0.29, 0.717) is 26.1 Å². The minimum absolute atomic E-state index is 0.341. The monoisotopic (exact) mass is 378 g/mol. The van der Waals surface area contributed by atoms with Gasteiger partial charge in [0, 0.05) is 13.0 Å². The van der Waals surface area contributed by atoms with Gasteiger partial charge in [0.25, 0.3) is 0 Å². The van der Waals surface area contributed by atoms with E-state index in [9.17, 15) is 9.90 Å². The van der Waals surface area contributed by atoms with Gasteiger partial charge < -0.3 is 14.6 Å². The zero-order valence-corrected chi connectivity index (χ0v) is 17.3. The predicted molar refractivity (Wildman–Crippen MR) is 110 cm³/mol. The van der Waals surface area contributed by atoms with Gasteiger partial charge in [-0.25, -0.2) is 4.79 Å². The summed E-state index contributed by atoms with van der Waals surface area (Å²) < 4.78 is 11.4. The summed E-state index contributed by atoms with van der Waals surface area (Å²) in [6.45, 7) is 4.83. The molecule has 0 radical (unpaired) electrons. The molecule has 154 valence electrons. The van der Waals surface area contributed by atoms with Gasteiger partial charge in [-0.3, -0.25) is 0 Å². The first kappa shape index (κ1) is 23.5. The van der Waals surface area contributed by atoms with Crippen LogP contribution in [-0.2, 0) is 9.53 Å². The molecular formula is C23H38O4. The van der Waals surface area contributed by atoms with Gasteiger partial charge in [0.1, 0.15) is 5.75 Å². The molecule has 4 heteroatoms. The van der Waals surface area contributed by atoms with E-state index in [1.807, 2.05) is 37.3 Å². The molecule has 0 aliphatic carbocycles. The van der Waals surface area contributed by atoms with Crippen molar-refractivity contribution in [1.29, 1.82) is 0 Å². The number of rotatable bonds is 17. The second kappa shape index (κ2) is 14.5. The zero-order chi connectivity index (χ0) is 19.8. The summed E-state index contributed by atoms with van der Waals surface area (Å²) in [7, 11) is 0. The molecule has 0 bridgehead atoms. The molecule has 1 unspecified atom stereocenters. The predicted octanol–water partition coefficient (Wildman–Crippen LogP) is 6.24. The second-order valence-corrected chi connectivity index (χ2v) is 7.22. The lowest BCUT2D eigenvalue weighted by Gasteiger charge is -2.29. The van der Waals surface area contributed by atoms with E-state index in [1.54, 1.807) is 0 Å². The molecule has 0 aliphatic rings. The van der Waals surface area contributed by atoms with E-state index in [0.717, 1.165) is 18.6 Å². The Bertz CT molecular complexity index is 488. The maximum atomic E-state index is 11.9. The molecule has 1 rings (SSSR count). The average Bonchev–Trinajstić information content (AvgIpc) is 2.67. The Hall–Kier alpha value is -1.55. The highest BCUT2D eigenvalue weighted by Crippen LogP contribution is 2.26. The van der Waals surface area contributed by atoms with Gasteiger partial charge in [0.05, 0.1) is 6.61 Å². The second-order valence-electron chi connectivity index (χ2n) is 7.22. The molecular weight excluding hydrogens is 340 g/mol. The lowest BCUT2D eigenvalue weighted by molar-refractivity contribution is -0.168. The molecule has 27 heavy (non-hydrogen) atoms. The minimum Gasteiger partial charge on any atom is -0.493 e. The van der Waals surface area contributed by atoms with Crippen molar-refractivity contribution >= 4 is 5.97 Å². The Balaban J connectivity index is 2.35. The maximum Gasteiger partial charge on any atom is 0.336 e. The largest absolute Gasteiger partial charge is 0.493 e. The van der Waals surface area contributed by atoms with Gasteiger partial charge in [-0.1, -0.05) is 76.5 Å². The van der Waals surface area contributed by atoms with Gasteiger partial charge in [-0.05, 0) is 31.9 Å².